The van der Waals surface area contributed by atoms with Gasteiger partial charge >= 0.3 is 0 Å². The van der Waals surface area contributed by atoms with Crippen LogP contribution in [0.2, 0.25) is 0 Å². The summed E-state index contributed by atoms with van der Waals surface area (Å²) in [4.78, 5) is 0. The van der Waals surface area contributed by atoms with Gasteiger partial charge in [0.05, 0.1) is 0 Å². The molecule has 0 radical (unpaired) electrons. The monoisotopic (exact) mass is 642 g/mol. The lowest BCUT2D eigenvalue weighted by Gasteiger charge is -2.15. The van der Waals surface area contributed by atoms with Crippen LogP contribution in [0.4, 0.5) is 0 Å². The second-order valence-corrected chi connectivity index (χ2v) is 12.5. The molecule has 8 rings (SSSR count). The zero-order valence-electron chi connectivity index (χ0n) is 27.9. The quantitative estimate of drug-likeness (QED) is 0.138. The Morgan fingerprint density at radius 3 is 0.640 bits per heavy atom. The maximum atomic E-state index is 2.51. The van der Waals surface area contributed by atoms with Gasteiger partial charge in [0.15, 0.2) is 0 Å². The van der Waals surface area contributed by atoms with Crippen LogP contribution >= 0.6 is 0 Å². The van der Waals surface area contributed by atoms with E-state index in [0.29, 0.717) is 0 Å². The van der Waals surface area contributed by atoms with Crippen LogP contribution in [-0.4, -0.2) is 0 Å². The van der Waals surface area contributed by atoms with Crippen LogP contribution in [0, 0.1) is 0 Å². The summed E-state index contributed by atoms with van der Waals surface area (Å²) in [6.07, 6.45) is 0. The molecular weight excluding hydrogens is 605 g/mol. The van der Waals surface area contributed by atoms with Crippen molar-refractivity contribution >= 4 is 0 Å². The molecule has 2 nitrogen and oxygen atoms in total. The van der Waals surface area contributed by atoms with E-state index < -0.39 is 0 Å². The van der Waals surface area contributed by atoms with E-state index in [1.165, 1.54) is 67.3 Å². The summed E-state index contributed by atoms with van der Waals surface area (Å²) in [5, 5.41) is 0. The third kappa shape index (κ3) is 6.52. The lowest BCUT2D eigenvalue weighted by atomic mass is 9.98. The van der Waals surface area contributed by atoms with Crippen LogP contribution in [-0.2, 0) is 13.1 Å². The molecule has 0 aliphatic rings. The molecule has 0 amide bonds. The molecule has 2 aromatic heterocycles. The van der Waals surface area contributed by atoms with E-state index >= 15 is 0 Å². The lowest BCUT2D eigenvalue weighted by molar-refractivity contribution is -0.758. The first-order chi connectivity index (χ1) is 24.8. The fraction of sp³-hybridized carbons (Fsp3) is 0.0417. The van der Waals surface area contributed by atoms with Crippen molar-refractivity contribution in [3.63, 3.8) is 0 Å². The van der Waals surface area contributed by atoms with E-state index in [9.17, 15) is 0 Å². The molecule has 2 heterocycles. The van der Waals surface area contributed by atoms with E-state index in [0.717, 1.165) is 13.1 Å². The predicted molar refractivity (Wildman–Crippen MR) is 206 cm³/mol. The molecule has 0 N–H and O–H groups in total. The Morgan fingerprint density at radius 1 is 0.220 bits per heavy atom. The standard InChI is InChI=1S/C48H38N2/c1-7-19-37(20-8-1)43-33-45(39-23-11-3-12-24-39)49(46(34-43)40-25-13-4-14-26-40)31-32-50-47(41-27-15-5-16-28-41)35-44(38-21-9-2-10-22-38)36-48(50)42-29-17-6-18-30-42/h1-30,33-36H,31-32H2/q+2. The largest absolute Gasteiger partial charge is 0.213 e. The minimum Gasteiger partial charge on any atom is -0.185 e. The third-order valence-electron chi connectivity index (χ3n) is 9.37. The molecule has 0 aliphatic heterocycles. The van der Waals surface area contributed by atoms with Crippen LogP contribution < -0.4 is 9.13 Å². The number of rotatable bonds is 9. The van der Waals surface area contributed by atoms with Gasteiger partial charge in [0.2, 0.25) is 35.9 Å². The summed E-state index contributed by atoms with van der Waals surface area (Å²) in [5.74, 6) is 0. The summed E-state index contributed by atoms with van der Waals surface area (Å²) in [5.41, 5.74) is 14.3. The topological polar surface area (TPSA) is 7.76 Å². The molecule has 0 fully saturated rings. The maximum absolute atomic E-state index is 2.51. The minimum absolute atomic E-state index is 0.762. The number of pyridine rings is 2. The first-order valence-electron chi connectivity index (χ1n) is 17.3. The summed E-state index contributed by atoms with van der Waals surface area (Å²) in [7, 11) is 0. The zero-order chi connectivity index (χ0) is 33.5. The normalized spacial score (nSPS) is 11.0. The first-order valence-corrected chi connectivity index (χ1v) is 17.3. The van der Waals surface area contributed by atoms with Gasteiger partial charge in [-0.3, -0.25) is 0 Å². The van der Waals surface area contributed by atoms with Gasteiger partial charge in [-0.25, -0.2) is 0 Å². The van der Waals surface area contributed by atoms with E-state index in [-0.39, 0.29) is 0 Å². The molecule has 0 aliphatic carbocycles. The van der Waals surface area contributed by atoms with Crippen LogP contribution in [0.25, 0.3) is 67.3 Å². The van der Waals surface area contributed by atoms with Gasteiger partial charge in [-0.2, -0.15) is 9.13 Å². The van der Waals surface area contributed by atoms with Crippen molar-refractivity contribution in [3.8, 4) is 67.3 Å². The van der Waals surface area contributed by atoms with Crippen molar-refractivity contribution in [1.82, 2.24) is 0 Å². The molecule has 6 aromatic carbocycles. The molecule has 2 heteroatoms. The van der Waals surface area contributed by atoms with Crippen molar-refractivity contribution in [2.24, 2.45) is 0 Å². The van der Waals surface area contributed by atoms with Crippen molar-refractivity contribution < 1.29 is 9.13 Å². The van der Waals surface area contributed by atoms with Gasteiger partial charge in [-0.15, -0.1) is 0 Å². The van der Waals surface area contributed by atoms with E-state index in [4.69, 9.17) is 0 Å². The molecule has 238 valence electrons. The molecular formula is C48H38N2+2. The minimum atomic E-state index is 0.762. The molecule has 0 unspecified atom stereocenters. The second-order valence-electron chi connectivity index (χ2n) is 12.5. The molecule has 0 bridgehead atoms. The highest BCUT2D eigenvalue weighted by Crippen LogP contribution is 2.31. The Morgan fingerprint density at radius 2 is 0.420 bits per heavy atom. The van der Waals surface area contributed by atoms with Crippen LogP contribution in [0.5, 0.6) is 0 Å². The Labute approximate surface area is 294 Å². The molecule has 0 saturated heterocycles. The van der Waals surface area contributed by atoms with Gasteiger partial charge in [0, 0.05) is 46.5 Å². The second kappa shape index (κ2) is 14.4. The van der Waals surface area contributed by atoms with Gasteiger partial charge < -0.3 is 0 Å². The predicted octanol–water partition coefficient (Wildman–Crippen LogP) is 11.0. The van der Waals surface area contributed by atoms with Crippen molar-refractivity contribution in [2.45, 2.75) is 13.1 Å². The van der Waals surface area contributed by atoms with Crippen LogP contribution in [0.15, 0.2) is 206 Å². The van der Waals surface area contributed by atoms with Crippen molar-refractivity contribution in [2.75, 3.05) is 0 Å². The van der Waals surface area contributed by atoms with Crippen LogP contribution in [0.1, 0.15) is 0 Å². The van der Waals surface area contributed by atoms with Crippen molar-refractivity contribution in [3.05, 3.63) is 206 Å². The Hall–Kier alpha value is -6.38. The summed E-state index contributed by atoms with van der Waals surface area (Å²) < 4.78 is 5.03. The number of nitrogens with zero attached hydrogens (tertiary/aromatic N) is 2. The zero-order valence-corrected chi connectivity index (χ0v) is 27.9. The summed E-state index contributed by atoms with van der Waals surface area (Å²) in [6.45, 7) is 1.52. The number of hydrogen-bond donors (Lipinski definition) is 0. The third-order valence-corrected chi connectivity index (χ3v) is 9.37. The molecule has 0 saturated carbocycles. The average molecular weight is 643 g/mol. The van der Waals surface area contributed by atoms with Gasteiger partial charge in [0.1, 0.15) is 0 Å². The highest BCUT2D eigenvalue weighted by atomic mass is 15.1. The Bertz CT molecular complexity index is 2030. The van der Waals surface area contributed by atoms with Gasteiger partial charge in [0.25, 0.3) is 0 Å². The fourth-order valence-electron chi connectivity index (χ4n) is 6.91. The molecule has 50 heavy (non-hydrogen) atoms. The highest BCUT2D eigenvalue weighted by Gasteiger charge is 2.28. The molecule has 8 aromatic rings. The fourth-order valence-corrected chi connectivity index (χ4v) is 6.91. The lowest BCUT2D eigenvalue weighted by Crippen LogP contribution is -2.49. The van der Waals surface area contributed by atoms with Crippen LogP contribution in [0.3, 0.4) is 0 Å². The van der Waals surface area contributed by atoms with Gasteiger partial charge in [-0.05, 0) is 70.8 Å². The summed E-state index contributed by atoms with van der Waals surface area (Å²) in [6, 6.07) is 74.1. The van der Waals surface area contributed by atoms with E-state index in [2.05, 4.69) is 215 Å². The Kier molecular flexibility index (Phi) is 8.90. The maximum Gasteiger partial charge on any atom is 0.213 e. The number of aromatic nitrogens is 2. The summed E-state index contributed by atoms with van der Waals surface area (Å²) >= 11 is 0. The number of hydrogen-bond acceptors (Lipinski definition) is 0. The molecule has 0 atom stereocenters. The Balaban J connectivity index is 1.35. The van der Waals surface area contributed by atoms with E-state index in [1.807, 2.05) is 0 Å². The smallest absolute Gasteiger partial charge is 0.185 e. The van der Waals surface area contributed by atoms with E-state index in [1.54, 1.807) is 0 Å². The highest BCUT2D eigenvalue weighted by molar-refractivity contribution is 5.75. The average Bonchev–Trinajstić information content (AvgIpc) is 3.21. The first kappa shape index (κ1) is 30.9. The molecule has 0 spiro atoms. The van der Waals surface area contributed by atoms with Gasteiger partial charge in [-0.1, -0.05) is 133 Å². The van der Waals surface area contributed by atoms with Crippen molar-refractivity contribution in [1.29, 1.82) is 0 Å². The SMILES string of the molecule is c1ccc(-c2cc(-c3ccccc3)[n+](CC[n+]3c(-c4ccccc4)cc(-c4ccccc4)cc3-c3ccccc3)c(-c3ccccc3)c2)cc1. The number of benzene rings is 6.